The minimum absolute atomic E-state index is 0.241. The highest BCUT2D eigenvalue weighted by atomic mass is 16.5. The highest BCUT2D eigenvalue weighted by molar-refractivity contribution is 5.95. The van der Waals surface area contributed by atoms with Gasteiger partial charge in [-0.2, -0.15) is 5.26 Å². The van der Waals surface area contributed by atoms with Crippen molar-refractivity contribution >= 4 is 11.9 Å². The number of hydrogen-bond acceptors (Lipinski definition) is 5. The van der Waals surface area contributed by atoms with E-state index >= 15 is 0 Å². The molecule has 6 heteroatoms. The summed E-state index contributed by atoms with van der Waals surface area (Å²) in [5.74, 6) is -0.656. The number of pyridine rings is 1. The molecule has 1 amide bonds. The van der Waals surface area contributed by atoms with E-state index < -0.39 is 6.04 Å². The summed E-state index contributed by atoms with van der Waals surface area (Å²) in [6.45, 7) is 2.56. The lowest BCUT2D eigenvalue weighted by molar-refractivity contribution is -0.149. The van der Waals surface area contributed by atoms with Gasteiger partial charge in [0.25, 0.3) is 5.91 Å². The fourth-order valence-electron chi connectivity index (χ4n) is 2.39. The van der Waals surface area contributed by atoms with Gasteiger partial charge in [0.05, 0.1) is 12.2 Å². The summed E-state index contributed by atoms with van der Waals surface area (Å²) in [6, 6.07) is 4.47. The van der Waals surface area contributed by atoms with Gasteiger partial charge in [-0.1, -0.05) is 0 Å². The predicted octanol–water partition coefficient (Wildman–Crippen LogP) is 1.51. The van der Waals surface area contributed by atoms with Crippen LogP contribution >= 0.6 is 0 Å². The molecule has 0 radical (unpaired) electrons. The molecule has 1 aliphatic heterocycles. The monoisotopic (exact) mass is 287 g/mol. The van der Waals surface area contributed by atoms with Crippen LogP contribution in [0.3, 0.4) is 0 Å². The standard InChI is InChI=1S/C15H17N3O3/c1-2-21-15(20)13-5-3-4-8-18(13)14(19)12-7-6-11(9-16)10-17-12/h6-7,10,13H,2-5,8H2,1H3. The first kappa shape index (κ1) is 15.0. The summed E-state index contributed by atoms with van der Waals surface area (Å²) in [4.78, 5) is 30.0. The van der Waals surface area contributed by atoms with E-state index in [9.17, 15) is 9.59 Å². The molecule has 1 unspecified atom stereocenters. The zero-order valence-corrected chi connectivity index (χ0v) is 11.9. The smallest absolute Gasteiger partial charge is 0.328 e. The van der Waals surface area contributed by atoms with Crippen molar-refractivity contribution in [1.82, 2.24) is 9.88 Å². The van der Waals surface area contributed by atoms with Gasteiger partial charge < -0.3 is 9.64 Å². The third-order valence-electron chi connectivity index (χ3n) is 3.43. The lowest BCUT2D eigenvalue weighted by atomic mass is 10.0. The van der Waals surface area contributed by atoms with Crippen molar-refractivity contribution in [2.45, 2.75) is 32.2 Å². The number of piperidine rings is 1. The number of amides is 1. The summed E-state index contributed by atoms with van der Waals surface area (Å²) < 4.78 is 5.04. The molecule has 2 rings (SSSR count). The van der Waals surface area contributed by atoms with Crippen LogP contribution in [-0.2, 0) is 9.53 Å². The second kappa shape index (κ2) is 6.84. The average Bonchev–Trinajstić information content (AvgIpc) is 2.54. The first-order valence-corrected chi connectivity index (χ1v) is 7.01. The molecule has 1 saturated heterocycles. The van der Waals surface area contributed by atoms with Crippen molar-refractivity contribution < 1.29 is 14.3 Å². The lowest BCUT2D eigenvalue weighted by Crippen LogP contribution is -2.48. The Hall–Kier alpha value is -2.42. The fourth-order valence-corrected chi connectivity index (χ4v) is 2.39. The predicted molar refractivity (Wildman–Crippen MR) is 74.3 cm³/mol. The number of esters is 1. The molecular formula is C15H17N3O3. The van der Waals surface area contributed by atoms with E-state index in [-0.39, 0.29) is 17.6 Å². The molecule has 0 aliphatic carbocycles. The van der Waals surface area contributed by atoms with Gasteiger partial charge in [0.15, 0.2) is 0 Å². The van der Waals surface area contributed by atoms with E-state index in [0.29, 0.717) is 25.1 Å². The van der Waals surface area contributed by atoms with Crippen LogP contribution in [0.4, 0.5) is 0 Å². The topological polar surface area (TPSA) is 83.3 Å². The maximum Gasteiger partial charge on any atom is 0.328 e. The summed E-state index contributed by atoms with van der Waals surface area (Å²) in [5, 5.41) is 8.74. The molecule has 0 saturated carbocycles. The minimum atomic E-state index is -0.538. The molecule has 0 bridgehead atoms. The Morgan fingerprint density at radius 1 is 1.48 bits per heavy atom. The molecule has 0 N–H and O–H groups in total. The molecule has 1 fully saturated rings. The van der Waals surface area contributed by atoms with E-state index in [1.165, 1.54) is 17.2 Å². The molecule has 1 atom stereocenters. The van der Waals surface area contributed by atoms with Gasteiger partial charge in [0.1, 0.15) is 17.8 Å². The van der Waals surface area contributed by atoms with Gasteiger partial charge in [-0.25, -0.2) is 9.78 Å². The molecule has 1 aromatic heterocycles. The number of rotatable bonds is 3. The van der Waals surface area contributed by atoms with Crippen molar-refractivity contribution in [3.8, 4) is 6.07 Å². The molecule has 1 aromatic rings. The Morgan fingerprint density at radius 2 is 2.29 bits per heavy atom. The SMILES string of the molecule is CCOC(=O)C1CCCCN1C(=O)c1ccc(C#N)cn1. The molecule has 1 aliphatic rings. The molecule has 6 nitrogen and oxygen atoms in total. The van der Waals surface area contributed by atoms with Gasteiger partial charge in [-0.15, -0.1) is 0 Å². The third kappa shape index (κ3) is 3.37. The highest BCUT2D eigenvalue weighted by Gasteiger charge is 2.34. The molecule has 0 aromatic carbocycles. The zero-order chi connectivity index (χ0) is 15.2. The number of ether oxygens (including phenoxy) is 1. The maximum atomic E-state index is 12.5. The van der Waals surface area contributed by atoms with Crippen LogP contribution in [-0.4, -0.2) is 41.0 Å². The second-order valence-corrected chi connectivity index (χ2v) is 4.81. The first-order chi connectivity index (χ1) is 10.2. The Labute approximate surface area is 123 Å². The van der Waals surface area contributed by atoms with Crippen molar-refractivity contribution in [3.05, 3.63) is 29.6 Å². The van der Waals surface area contributed by atoms with Gasteiger partial charge in [0, 0.05) is 12.7 Å². The molecule has 110 valence electrons. The van der Waals surface area contributed by atoms with Gasteiger partial charge in [-0.3, -0.25) is 4.79 Å². The number of carbonyl (C=O) groups excluding carboxylic acids is 2. The van der Waals surface area contributed by atoms with E-state index in [2.05, 4.69) is 4.98 Å². The Bertz CT molecular complexity index is 563. The normalized spacial score (nSPS) is 17.9. The lowest BCUT2D eigenvalue weighted by Gasteiger charge is -2.33. The van der Waals surface area contributed by atoms with Crippen molar-refractivity contribution in [1.29, 1.82) is 5.26 Å². The number of nitriles is 1. The van der Waals surface area contributed by atoms with Crippen LogP contribution in [0.5, 0.6) is 0 Å². The Kier molecular flexibility index (Phi) is 4.88. The average molecular weight is 287 g/mol. The maximum absolute atomic E-state index is 12.5. The summed E-state index contributed by atoms with van der Waals surface area (Å²) in [7, 11) is 0. The number of hydrogen-bond donors (Lipinski definition) is 0. The molecule has 2 heterocycles. The van der Waals surface area contributed by atoms with Gasteiger partial charge in [-0.05, 0) is 38.3 Å². The number of likely N-dealkylation sites (tertiary alicyclic amines) is 1. The molecule has 21 heavy (non-hydrogen) atoms. The summed E-state index contributed by atoms with van der Waals surface area (Å²) in [6.07, 6.45) is 3.73. The fraction of sp³-hybridized carbons (Fsp3) is 0.467. The Balaban J connectivity index is 2.18. The van der Waals surface area contributed by atoms with Crippen LogP contribution in [0.1, 0.15) is 42.2 Å². The van der Waals surface area contributed by atoms with Crippen LogP contribution in [0.25, 0.3) is 0 Å². The summed E-state index contributed by atoms with van der Waals surface area (Å²) >= 11 is 0. The second-order valence-electron chi connectivity index (χ2n) is 4.81. The van der Waals surface area contributed by atoms with Crippen molar-refractivity contribution in [3.63, 3.8) is 0 Å². The van der Waals surface area contributed by atoms with E-state index in [0.717, 1.165) is 12.8 Å². The van der Waals surface area contributed by atoms with Crippen molar-refractivity contribution in [2.24, 2.45) is 0 Å². The van der Waals surface area contributed by atoms with Crippen LogP contribution < -0.4 is 0 Å². The molecule has 0 spiro atoms. The van der Waals surface area contributed by atoms with Crippen LogP contribution in [0.2, 0.25) is 0 Å². The highest BCUT2D eigenvalue weighted by Crippen LogP contribution is 2.20. The number of nitrogens with zero attached hydrogens (tertiary/aromatic N) is 3. The van der Waals surface area contributed by atoms with Crippen LogP contribution in [0.15, 0.2) is 18.3 Å². The Morgan fingerprint density at radius 3 is 2.90 bits per heavy atom. The third-order valence-corrected chi connectivity index (χ3v) is 3.43. The van der Waals surface area contributed by atoms with E-state index in [4.69, 9.17) is 10.00 Å². The molecular weight excluding hydrogens is 270 g/mol. The number of aromatic nitrogens is 1. The quantitative estimate of drug-likeness (QED) is 0.787. The zero-order valence-electron chi connectivity index (χ0n) is 11.9. The first-order valence-electron chi connectivity index (χ1n) is 7.01. The summed E-state index contributed by atoms with van der Waals surface area (Å²) in [5.41, 5.74) is 0.636. The van der Waals surface area contributed by atoms with E-state index in [1.54, 1.807) is 13.0 Å². The number of carbonyl (C=O) groups is 2. The van der Waals surface area contributed by atoms with Crippen molar-refractivity contribution in [2.75, 3.05) is 13.2 Å². The van der Waals surface area contributed by atoms with Gasteiger partial charge >= 0.3 is 5.97 Å². The largest absolute Gasteiger partial charge is 0.464 e. The van der Waals surface area contributed by atoms with Gasteiger partial charge in [0.2, 0.25) is 0 Å². The minimum Gasteiger partial charge on any atom is -0.464 e. The van der Waals surface area contributed by atoms with E-state index in [1.807, 2.05) is 6.07 Å². The van der Waals surface area contributed by atoms with Crippen LogP contribution in [0, 0.1) is 11.3 Å².